The van der Waals surface area contributed by atoms with Crippen LogP contribution in [0.4, 0.5) is 0 Å². The number of carboxylic acid groups (broad SMARTS) is 1. The molecule has 0 spiro atoms. The molecule has 0 bridgehead atoms. The van der Waals surface area contributed by atoms with Gasteiger partial charge in [-0.15, -0.1) is 0 Å². The Kier molecular flexibility index (Phi) is 4.86. The molecule has 0 aliphatic heterocycles. The number of hydrogen-bond donors (Lipinski definition) is 5. The van der Waals surface area contributed by atoms with Crippen molar-refractivity contribution in [3.63, 3.8) is 0 Å². The fraction of sp³-hybridized carbons (Fsp3) is 0.857. The Balaban J connectivity index is 4.24. The number of carboxylic acids is 1. The topological polar surface area (TPSA) is 124 Å². The molecule has 6 heteroatoms. The highest BCUT2D eigenvalue weighted by molar-refractivity contribution is 5.74. The smallest absolute Gasteiger partial charge is 0.323 e. The third kappa shape index (κ3) is 3.27. The second kappa shape index (κ2) is 5.13. The van der Waals surface area contributed by atoms with Gasteiger partial charge >= 0.3 is 5.97 Å². The van der Waals surface area contributed by atoms with Crippen LogP contribution in [0.2, 0.25) is 0 Å². The third-order valence-corrected chi connectivity index (χ3v) is 1.82. The zero-order chi connectivity index (χ0) is 10.6. The van der Waals surface area contributed by atoms with Gasteiger partial charge in [0.1, 0.15) is 18.2 Å². The molecule has 0 aromatic rings. The van der Waals surface area contributed by atoms with Gasteiger partial charge in [-0.25, -0.2) is 0 Å². The lowest BCUT2D eigenvalue weighted by atomic mass is 10.0. The first kappa shape index (κ1) is 12.3. The molecule has 4 unspecified atom stereocenters. The summed E-state index contributed by atoms with van der Waals surface area (Å²) in [5.74, 6) is -1.42. The molecule has 78 valence electrons. The van der Waals surface area contributed by atoms with E-state index in [0.717, 1.165) is 0 Å². The molecule has 0 radical (unpaired) electrons. The standard InChI is InChI=1S/C7H15NO5/c1-2-3(9)5(10)6(11)4(8)7(12)13/h3-6,9-11H,2,8H2,1H3,(H,12,13). The van der Waals surface area contributed by atoms with Gasteiger partial charge in [0, 0.05) is 0 Å². The van der Waals surface area contributed by atoms with E-state index in [9.17, 15) is 4.79 Å². The minimum atomic E-state index is -1.66. The fourth-order valence-corrected chi connectivity index (χ4v) is 0.828. The summed E-state index contributed by atoms with van der Waals surface area (Å²) >= 11 is 0. The van der Waals surface area contributed by atoms with Crippen molar-refractivity contribution >= 4 is 5.97 Å². The second-order valence-corrected chi connectivity index (χ2v) is 2.82. The summed E-state index contributed by atoms with van der Waals surface area (Å²) in [6.45, 7) is 1.59. The largest absolute Gasteiger partial charge is 0.480 e. The quantitative estimate of drug-likeness (QED) is 0.340. The van der Waals surface area contributed by atoms with Crippen molar-refractivity contribution in [2.75, 3.05) is 0 Å². The van der Waals surface area contributed by atoms with E-state index in [-0.39, 0.29) is 6.42 Å². The molecule has 0 saturated heterocycles. The van der Waals surface area contributed by atoms with E-state index in [1.54, 1.807) is 6.92 Å². The Labute approximate surface area is 75.6 Å². The van der Waals surface area contributed by atoms with E-state index in [2.05, 4.69) is 0 Å². The van der Waals surface area contributed by atoms with Crippen LogP contribution in [0.1, 0.15) is 13.3 Å². The number of rotatable bonds is 5. The number of aliphatic hydroxyl groups is 3. The summed E-state index contributed by atoms with van der Waals surface area (Å²) in [6, 6.07) is -1.59. The van der Waals surface area contributed by atoms with Gasteiger partial charge in [0.05, 0.1) is 6.10 Å². The van der Waals surface area contributed by atoms with Crippen molar-refractivity contribution in [3.05, 3.63) is 0 Å². The van der Waals surface area contributed by atoms with Crippen LogP contribution in [-0.2, 0) is 4.79 Å². The number of carbonyl (C=O) groups is 1. The van der Waals surface area contributed by atoms with Crippen molar-refractivity contribution in [2.24, 2.45) is 5.73 Å². The van der Waals surface area contributed by atoms with Gasteiger partial charge in [-0.1, -0.05) is 6.92 Å². The molecule has 0 aromatic heterocycles. The van der Waals surface area contributed by atoms with E-state index in [1.807, 2.05) is 0 Å². The maximum atomic E-state index is 10.3. The first-order chi connectivity index (χ1) is 5.91. The molecule has 13 heavy (non-hydrogen) atoms. The van der Waals surface area contributed by atoms with Crippen LogP contribution in [0.3, 0.4) is 0 Å². The number of hydrogen-bond acceptors (Lipinski definition) is 5. The molecule has 0 fully saturated rings. The molecular formula is C7H15NO5. The van der Waals surface area contributed by atoms with Crippen molar-refractivity contribution in [1.29, 1.82) is 0 Å². The molecule has 6 N–H and O–H groups in total. The van der Waals surface area contributed by atoms with Gasteiger partial charge in [-0.3, -0.25) is 4.79 Å². The van der Waals surface area contributed by atoms with Crippen molar-refractivity contribution in [2.45, 2.75) is 37.7 Å². The first-order valence-corrected chi connectivity index (χ1v) is 3.94. The lowest BCUT2D eigenvalue weighted by Gasteiger charge is -2.24. The zero-order valence-electron chi connectivity index (χ0n) is 7.29. The average Bonchev–Trinajstić information content (AvgIpc) is 2.12. The number of aliphatic hydroxyl groups excluding tert-OH is 3. The summed E-state index contributed by atoms with van der Waals surface area (Å²) in [5, 5.41) is 35.8. The van der Waals surface area contributed by atoms with Crippen molar-refractivity contribution < 1.29 is 25.2 Å². The monoisotopic (exact) mass is 193 g/mol. The summed E-state index contributed by atoms with van der Waals surface area (Å²) in [7, 11) is 0. The lowest BCUT2D eigenvalue weighted by molar-refractivity contribution is -0.145. The van der Waals surface area contributed by atoms with E-state index < -0.39 is 30.3 Å². The lowest BCUT2D eigenvalue weighted by Crippen LogP contribution is -2.51. The van der Waals surface area contributed by atoms with Crippen LogP contribution in [0, 0.1) is 0 Å². The molecule has 0 amide bonds. The van der Waals surface area contributed by atoms with E-state index in [1.165, 1.54) is 0 Å². The van der Waals surface area contributed by atoms with E-state index in [0.29, 0.717) is 0 Å². The zero-order valence-corrected chi connectivity index (χ0v) is 7.29. The molecule has 0 saturated carbocycles. The molecule has 0 aromatic carbocycles. The maximum Gasteiger partial charge on any atom is 0.323 e. The number of nitrogens with two attached hydrogens (primary N) is 1. The summed E-state index contributed by atoms with van der Waals surface area (Å²) in [4.78, 5) is 10.3. The van der Waals surface area contributed by atoms with Crippen LogP contribution in [0.25, 0.3) is 0 Å². The Hall–Kier alpha value is -0.690. The van der Waals surface area contributed by atoms with Crippen LogP contribution >= 0.6 is 0 Å². The summed E-state index contributed by atoms with van der Waals surface area (Å²) in [6.07, 6.45) is -4.14. The van der Waals surface area contributed by atoms with Gasteiger partial charge in [0.2, 0.25) is 0 Å². The molecule has 0 heterocycles. The molecule has 0 aliphatic rings. The summed E-state index contributed by atoms with van der Waals surface area (Å²) in [5.41, 5.74) is 5.03. The van der Waals surface area contributed by atoms with Gasteiger partial charge < -0.3 is 26.2 Å². The van der Waals surface area contributed by atoms with E-state index >= 15 is 0 Å². The predicted molar refractivity (Wildman–Crippen MR) is 43.9 cm³/mol. The Bertz CT molecular complexity index is 174. The molecule has 4 atom stereocenters. The highest BCUT2D eigenvalue weighted by atomic mass is 16.4. The highest BCUT2D eigenvalue weighted by Gasteiger charge is 2.32. The Morgan fingerprint density at radius 1 is 1.31 bits per heavy atom. The van der Waals surface area contributed by atoms with Gasteiger partial charge in [-0.2, -0.15) is 0 Å². The number of aliphatic carboxylic acids is 1. The Morgan fingerprint density at radius 3 is 2.08 bits per heavy atom. The molecular weight excluding hydrogens is 178 g/mol. The molecule has 6 nitrogen and oxygen atoms in total. The normalized spacial score (nSPS) is 20.4. The van der Waals surface area contributed by atoms with Crippen LogP contribution in [0.5, 0.6) is 0 Å². The minimum Gasteiger partial charge on any atom is -0.480 e. The highest BCUT2D eigenvalue weighted by Crippen LogP contribution is 2.06. The minimum absolute atomic E-state index is 0.213. The Morgan fingerprint density at radius 2 is 1.77 bits per heavy atom. The summed E-state index contributed by atoms with van der Waals surface area (Å²) < 4.78 is 0. The third-order valence-electron chi connectivity index (χ3n) is 1.82. The van der Waals surface area contributed by atoms with Crippen LogP contribution in [-0.4, -0.2) is 50.7 Å². The molecule has 0 aliphatic carbocycles. The first-order valence-electron chi connectivity index (χ1n) is 3.94. The van der Waals surface area contributed by atoms with Crippen molar-refractivity contribution in [3.8, 4) is 0 Å². The average molecular weight is 193 g/mol. The predicted octanol–water partition coefficient (Wildman–Crippen LogP) is -2.11. The van der Waals surface area contributed by atoms with E-state index in [4.69, 9.17) is 26.2 Å². The van der Waals surface area contributed by atoms with Crippen LogP contribution < -0.4 is 5.73 Å². The fourth-order valence-electron chi connectivity index (χ4n) is 0.828. The SMILES string of the molecule is CCC(O)C(O)C(O)C(N)C(=O)O. The van der Waals surface area contributed by atoms with Gasteiger partial charge in [-0.05, 0) is 6.42 Å². The van der Waals surface area contributed by atoms with Gasteiger partial charge in [0.15, 0.2) is 0 Å². The molecule has 0 rings (SSSR count). The van der Waals surface area contributed by atoms with Gasteiger partial charge in [0.25, 0.3) is 0 Å². The van der Waals surface area contributed by atoms with Crippen molar-refractivity contribution in [1.82, 2.24) is 0 Å². The second-order valence-electron chi connectivity index (χ2n) is 2.82. The van der Waals surface area contributed by atoms with Crippen LogP contribution in [0.15, 0.2) is 0 Å². The maximum absolute atomic E-state index is 10.3.